The Labute approximate surface area is 215 Å². The molecule has 9 heteroatoms. The predicted octanol–water partition coefficient (Wildman–Crippen LogP) is 5.56. The van der Waals surface area contributed by atoms with Gasteiger partial charge in [0.1, 0.15) is 17.2 Å². The molecule has 0 radical (unpaired) electrons. The van der Waals surface area contributed by atoms with E-state index in [1.165, 1.54) is 41.1 Å². The molecule has 0 bridgehead atoms. The lowest BCUT2D eigenvalue weighted by Gasteiger charge is -2.38. The summed E-state index contributed by atoms with van der Waals surface area (Å²) in [7, 11) is 0. The maximum absolute atomic E-state index is 13.8. The van der Waals surface area contributed by atoms with Crippen LogP contribution in [0.5, 0.6) is 0 Å². The maximum Gasteiger partial charge on any atom is 0.339 e. The maximum atomic E-state index is 13.8. The number of fused-ring (bicyclic) bond motifs is 3. The van der Waals surface area contributed by atoms with Gasteiger partial charge in [-0.05, 0) is 42.5 Å². The molecule has 1 fully saturated rings. The summed E-state index contributed by atoms with van der Waals surface area (Å²) in [5.41, 5.74) is 0.825. The van der Waals surface area contributed by atoms with E-state index in [-0.39, 0.29) is 17.0 Å². The van der Waals surface area contributed by atoms with Gasteiger partial charge in [-0.3, -0.25) is 14.2 Å². The third-order valence-electron chi connectivity index (χ3n) is 7.13. The van der Waals surface area contributed by atoms with Crippen molar-refractivity contribution in [3.05, 3.63) is 106 Å². The van der Waals surface area contributed by atoms with Crippen LogP contribution >= 0.6 is 11.6 Å². The van der Waals surface area contributed by atoms with Gasteiger partial charge in [0.15, 0.2) is 0 Å². The molecule has 37 heavy (non-hydrogen) atoms. The molecule has 6 nitrogen and oxygen atoms in total. The van der Waals surface area contributed by atoms with Crippen LogP contribution in [0, 0.1) is 11.6 Å². The van der Waals surface area contributed by atoms with E-state index in [0.717, 1.165) is 6.07 Å². The summed E-state index contributed by atoms with van der Waals surface area (Å²) in [5.74, 6) is -2.41. The number of aromatic nitrogens is 1. The number of piperidine rings is 1. The highest BCUT2D eigenvalue weighted by Gasteiger charge is 2.48. The second kappa shape index (κ2) is 8.52. The Hall–Kier alpha value is -4.04. The van der Waals surface area contributed by atoms with Crippen LogP contribution in [0.25, 0.3) is 10.9 Å². The summed E-state index contributed by atoms with van der Waals surface area (Å²) in [6.45, 7) is 0.585. The number of carbonyl (C=O) groups is 3. The molecule has 1 amide bonds. The molecule has 2 aliphatic heterocycles. The minimum atomic E-state index is -0.897. The van der Waals surface area contributed by atoms with E-state index in [1.807, 2.05) is 0 Å². The molecule has 0 saturated carbocycles. The molecule has 186 valence electrons. The number of hydrogen-bond acceptors (Lipinski definition) is 4. The standard InChI is InChI=1S/C28H19ClF2N2O4/c29-17-4-6-20-22(15-33(24(20)13-17)25(34)16-2-1-3-18(30)12-16)26(35)32-10-8-28(9-11-32)23-7-5-19(31)14-21(23)27(36)37-28/h1-7,12-15H,8-11H2. The fourth-order valence-corrected chi connectivity index (χ4v) is 5.45. The van der Waals surface area contributed by atoms with Crippen molar-refractivity contribution in [3.8, 4) is 0 Å². The molecule has 1 aromatic heterocycles. The molecule has 1 saturated heterocycles. The summed E-state index contributed by atoms with van der Waals surface area (Å²) in [6.07, 6.45) is 2.17. The molecular weight excluding hydrogens is 502 g/mol. The highest BCUT2D eigenvalue weighted by molar-refractivity contribution is 6.31. The zero-order valence-corrected chi connectivity index (χ0v) is 20.1. The largest absolute Gasteiger partial charge is 0.450 e. The topological polar surface area (TPSA) is 68.6 Å². The van der Waals surface area contributed by atoms with Crippen LogP contribution in [0.2, 0.25) is 5.02 Å². The van der Waals surface area contributed by atoms with Crippen molar-refractivity contribution >= 4 is 40.3 Å². The first-order valence-electron chi connectivity index (χ1n) is 11.7. The average Bonchev–Trinajstić information content (AvgIpc) is 3.38. The summed E-state index contributed by atoms with van der Waals surface area (Å²) < 4.78 is 34.4. The molecule has 0 atom stereocenters. The van der Waals surface area contributed by atoms with Crippen LogP contribution < -0.4 is 0 Å². The van der Waals surface area contributed by atoms with Crippen LogP contribution in [-0.2, 0) is 10.3 Å². The lowest BCUT2D eigenvalue weighted by Crippen LogP contribution is -2.45. The Morgan fingerprint density at radius 3 is 2.43 bits per heavy atom. The predicted molar refractivity (Wildman–Crippen MR) is 132 cm³/mol. The van der Waals surface area contributed by atoms with E-state index in [0.29, 0.717) is 53.0 Å². The van der Waals surface area contributed by atoms with E-state index in [1.54, 1.807) is 29.2 Å². The van der Waals surface area contributed by atoms with Gasteiger partial charge in [0.2, 0.25) is 0 Å². The average molecular weight is 521 g/mol. The molecule has 0 unspecified atom stereocenters. The number of benzene rings is 3. The Morgan fingerprint density at radius 1 is 0.919 bits per heavy atom. The molecule has 1 spiro atoms. The number of halogens is 3. The molecule has 3 aromatic carbocycles. The lowest BCUT2D eigenvalue weighted by molar-refractivity contribution is -0.0389. The zero-order chi connectivity index (χ0) is 25.9. The number of hydrogen-bond donors (Lipinski definition) is 0. The van der Waals surface area contributed by atoms with Gasteiger partial charge in [-0.1, -0.05) is 29.8 Å². The molecule has 4 aromatic rings. The first-order valence-corrected chi connectivity index (χ1v) is 12.1. The van der Waals surface area contributed by atoms with E-state index in [2.05, 4.69) is 0 Å². The van der Waals surface area contributed by atoms with Crippen LogP contribution in [0.1, 0.15) is 49.5 Å². The number of esters is 1. The van der Waals surface area contributed by atoms with Gasteiger partial charge in [0.05, 0.1) is 16.6 Å². The minimum absolute atomic E-state index is 0.133. The van der Waals surface area contributed by atoms with Crippen molar-refractivity contribution in [2.45, 2.75) is 18.4 Å². The highest BCUT2D eigenvalue weighted by atomic mass is 35.5. The number of carbonyl (C=O) groups excluding carboxylic acids is 3. The van der Waals surface area contributed by atoms with Crippen molar-refractivity contribution < 1.29 is 27.9 Å². The molecule has 0 N–H and O–H groups in total. The van der Waals surface area contributed by atoms with E-state index in [4.69, 9.17) is 16.3 Å². The third-order valence-corrected chi connectivity index (χ3v) is 7.36. The Bertz CT molecular complexity index is 1620. The summed E-state index contributed by atoms with van der Waals surface area (Å²) in [4.78, 5) is 40.9. The van der Waals surface area contributed by atoms with Crippen molar-refractivity contribution in [2.75, 3.05) is 13.1 Å². The van der Waals surface area contributed by atoms with Crippen LogP contribution in [-0.4, -0.2) is 40.3 Å². The number of nitrogens with zero attached hydrogens (tertiary/aromatic N) is 2. The third kappa shape index (κ3) is 3.79. The number of likely N-dealkylation sites (tertiary alicyclic amines) is 1. The lowest BCUT2D eigenvalue weighted by atomic mass is 9.83. The quantitative estimate of drug-likeness (QED) is 0.324. The van der Waals surface area contributed by atoms with Crippen molar-refractivity contribution in [2.24, 2.45) is 0 Å². The van der Waals surface area contributed by atoms with Crippen LogP contribution in [0.3, 0.4) is 0 Å². The van der Waals surface area contributed by atoms with E-state index < -0.39 is 29.1 Å². The zero-order valence-electron chi connectivity index (χ0n) is 19.3. The molecule has 0 aliphatic carbocycles. The van der Waals surface area contributed by atoms with Gasteiger partial charge >= 0.3 is 5.97 Å². The summed E-state index contributed by atoms with van der Waals surface area (Å²) in [6, 6.07) is 14.3. The highest BCUT2D eigenvalue weighted by Crippen LogP contribution is 2.44. The SMILES string of the molecule is O=C1OC2(CCN(C(=O)c3cn(C(=O)c4cccc(F)c4)c4cc(Cl)ccc34)CC2)c2ccc(F)cc21. The summed E-state index contributed by atoms with van der Waals surface area (Å²) >= 11 is 6.19. The van der Waals surface area contributed by atoms with Gasteiger partial charge in [0, 0.05) is 53.7 Å². The second-order valence-corrected chi connectivity index (χ2v) is 9.69. The number of amides is 1. The van der Waals surface area contributed by atoms with Gasteiger partial charge in [-0.25, -0.2) is 13.6 Å². The fourth-order valence-electron chi connectivity index (χ4n) is 5.28. The first-order chi connectivity index (χ1) is 17.8. The van der Waals surface area contributed by atoms with E-state index >= 15 is 0 Å². The Morgan fingerprint density at radius 2 is 1.68 bits per heavy atom. The molecule has 3 heterocycles. The number of ether oxygens (including phenoxy) is 1. The smallest absolute Gasteiger partial charge is 0.339 e. The molecular formula is C28H19ClF2N2O4. The van der Waals surface area contributed by atoms with E-state index in [9.17, 15) is 23.2 Å². The Balaban J connectivity index is 1.31. The van der Waals surface area contributed by atoms with Crippen molar-refractivity contribution in [1.82, 2.24) is 9.47 Å². The first kappa shape index (κ1) is 23.4. The number of rotatable bonds is 2. The van der Waals surface area contributed by atoms with Gasteiger partial charge in [0.25, 0.3) is 11.8 Å². The van der Waals surface area contributed by atoms with Crippen molar-refractivity contribution in [3.63, 3.8) is 0 Å². The van der Waals surface area contributed by atoms with Crippen LogP contribution in [0.4, 0.5) is 8.78 Å². The van der Waals surface area contributed by atoms with Gasteiger partial charge in [-0.2, -0.15) is 0 Å². The van der Waals surface area contributed by atoms with Gasteiger partial charge < -0.3 is 9.64 Å². The van der Waals surface area contributed by atoms with Crippen LogP contribution in [0.15, 0.2) is 66.9 Å². The monoisotopic (exact) mass is 520 g/mol. The van der Waals surface area contributed by atoms with Crippen molar-refractivity contribution in [1.29, 1.82) is 0 Å². The normalized spacial score (nSPS) is 16.2. The summed E-state index contributed by atoms with van der Waals surface area (Å²) in [5, 5.41) is 0.920. The van der Waals surface area contributed by atoms with Gasteiger partial charge in [-0.15, -0.1) is 0 Å². The fraction of sp³-hybridized carbons (Fsp3) is 0.179. The molecule has 6 rings (SSSR count). The minimum Gasteiger partial charge on any atom is -0.450 e. The Kier molecular flexibility index (Phi) is 5.38. The molecule has 2 aliphatic rings. The second-order valence-electron chi connectivity index (χ2n) is 9.26.